The molecule has 0 aromatic rings. The summed E-state index contributed by atoms with van der Waals surface area (Å²) in [5.74, 6) is -3.82. The maximum absolute atomic E-state index is 9.75. The summed E-state index contributed by atoms with van der Waals surface area (Å²) >= 11 is 4.76. The Morgan fingerprint density at radius 1 is 0.909 bits per heavy atom. The van der Waals surface area contributed by atoms with Crippen LogP contribution < -0.4 is 0 Å². The van der Waals surface area contributed by atoms with Crippen LogP contribution >= 0.6 is 11.6 Å². The lowest BCUT2D eigenvalue weighted by Crippen LogP contribution is -1.91. The van der Waals surface area contributed by atoms with Crippen LogP contribution in [-0.2, 0) is 23.9 Å². The van der Waals surface area contributed by atoms with Gasteiger partial charge in [-0.05, 0) is 5.54 Å². The van der Waals surface area contributed by atoms with Crippen molar-refractivity contribution in [2.45, 2.75) is 6.92 Å². The first-order valence-electron chi connectivity index (χ1n) is 5.07. The molecule has 0 bridgehead atoms. The van der Waals surface area contributed by atoms with E-state index in [1.54, 1.807) is 0 Å². The fourth-order valence-corrected chi connectivity index (χ4v) is 0.260. The Balaban J connectivity index is -0.000000104. The Labute approximate surface area is 132 Å². The molecule has 0 unspecified atom stereocenters. The molecule has 0 atom stereocenters. The van der Waals surface area contributed by atoms with Crippen LogP contribution in [0.4, 0.5) is 0 Å². The molecule has 0 aliphatic carbocycles. The zero-order valence-corrected chi connectivity index (χ0v) is 12.5. The Morgan fingerprint density at radius 3 is 1.23 bits per heavy atom. The van der Waals surface area contributed by atoms with Gasteiger partial charge in [-0.15, -0.1) is 0 Å². The lowest BCUT2D eigenvalue weighted by molar-refractivity contribution is -0.135. The van der Waals surface area contributed by atoms with E-state index in [-0.39, 0.29) is 5.97 Å². The fraction of sp³-hybridized carbons (Fsp3) is 0.0769. The first-order valence-corrected chi connectivity index (χ1v) is 5.51. The van der Waals surface area contributed by atoms with Crippen molar-refractivity contribution in [2.24, 2.45) is 0 Å². The largest absolute Gasteiger partial charge is 0.478 e. The minimum Gasteiger partial charge on any atom is -0.478 e. The van der Waals surface area contributed by atoms with Crippen LogP contribution in [0.5, 0.6) is 0 Å². The van der Waals surface area contributed by atoms with Gasteiger partial charge in [0.05, 0.1) is 6.26 Å². The van der Waals surface area contributed by atoms with Gasteiger partial charge in [0.1, 0.15) is 0 Å². The highest BCUT2D eigenvalue weighted by atomic mass is 35.5. The van der Waals surface area contributed by atoms with Gasteiger partial charge in [0.15, 0.2) is 0 Å². The fourth-order valence-electron chi connectivity index (χ4n) is 0.260. The van der Waals surface area contributed by atoms with Gasteiger partial charge in [-0.1, -0.05) is 31.3 Å². The molecule has 0 saturated carbocycles. The molecule has 0 aromatic heterocycles. The number of rotatable bonds is 4. The number of hydrogen-bond donors (Lipinski definition) is 3. The van der Waals surface area contributed by atoms with Crippen molar-refractivity contribution in [2.75, 3.05) is 0 Å². The van der Waals surface area contributed by atoms with Crippen molar-refractivity contribution in [1.82, 2.24) is 0 Å². The molecule has 0 radical (unpaired) electrons. The summed E-state index contributed by atoms with van der Waals surface area (Å²) in [5, 5.41) is 23.2. The molecule has 22 heavy (non-hydrogen) atoms. The molecule has 0 heterocycles. The van der Waals surface area contributed by atoms with Crippen LogP contribution in [0.1, 0.15) is 6.92 Å². The van der Waals surface area contributed by atoms with Crippen molar-refractivity contribution < 1.29 is 39.2 Å². The van der Waals surface area contributed by atoms with Crippen LogP contribution in [0.15, 0.2) is 49.8 Å². The second-order valence-electron chi connectivity index (χ2n) is 2.48. The standard InChI is InChI=1S/C4H4O4.C4H6O2.C3H4O2.C2H3Cl/c5-3(6)1-2-4(7)8;1-3-6-4(2)5;1-2-3(4)5;1-2-3/h1-2H,(H,5,6)(H,7,8);3H,1H2,2H3;2H,1H2,(H,4,5);2H,1H2/b2-1-;;;. The second-order valence-corrected chi connectivity index (χ2v) is 2.79. The summed E-state index contributed by atoms with van der Waals surface area (Å²) in [5.41, 5.74) is 1.22. The first-order chi connectivity index (χ1) is 10.1. The van der Waals surface area contributed by atoms with Crippen molar-refractivity contribution >= 4 is 35.5 Å². The number of carboxylic acid groups (broad SMARTS) is 3. The Morgan fingerprint density at radius 2 is 1.18 bits per heavy atom. The zero-order chi connectivity index (χ0) is 18.6. The Bertz CT molecular complexity index is 396. The minimum absolute atomic E-state index is 0.329. The smallest absolute Gasteiger partial charge is 0.328 e. The zero-order valence-electron chi connectivity index (χ0n) is 11.8. The van der Waals surface area contributed by atoms with Crippen LogP contribution in [0, 0.1) is 0 Å². The van der Waals surface area contributed by atoms with Crippen molar-refractivity contribution in [3.05, 3.63) is 49.8 Å². The first kappa shape index (κ1) is 27.5. The van der Waals surface area contributed by atoms with Crippen molar-refractivity contribution in [3.63, 3.8) is 0 Å². The number of carbonyl (C=O) groups excluding carboxylic acids is 1. The van der Waals surface area contributed by atoms with Gasteiger partial charge in [0.2, 0.25) is 0 Å². The molecule has 0 amide bonds. The monoisotopic (exact) mass is 336 g/mol. The van der Waals surface area contributed by atoms with Crippen LogP contribution in [-0.4, -0.2) is 39.2 Å². The molecule has 0 fully saturated rings. The van der Waals surface area contributed by atoms with E-state index >= 15 is 0 Å². The third-order valence-corrected chi connectivity index (χ3v) is 0.792. The lowest BCUT2D eigenvalue weighted by Gasteiger charge is -1.83. The molecule has 0 aliphatic rings. The Hall–Kier alpha value is -2.87. The molecule has 0 saturated heterocycles. The SMILES string of the molecule is C=CC(=O)O.C=CCl.C=COC(C)=O.O=C(O)/C=C\C(=O)O. The highest BCUT2D eigenvalue weighted by molar-refractivity contribution is 6.25. The molecule has 3 N–H and O–H groups in total. The summed E-state index contributed by atoms with van der Waals surface area (Å²) in [4.78, 5) is 38.1. The maximum atomic E-state index is 9.75. The van der Waals surface area contributed by atoms with E-state index < -0.39 is 17.9 Å². The normalized spacial score (nSPS) is 7.36. The topological polar surface area (TPSA) is 138 Å². The summed E-state index contributed by atoms with van der Waals surface area (Å²) in [6, 6.07) is 0. The number of carboxylic acids is 3. The number of ether oxygens (including phenoxy) is 1. The maximum Gasteiger partial charge on any atom is 0.328 e. The van der Waals surface area contributed by atoms with Gasteiger partial charge in [0, 0.05) is 25.2 Å². The third-order valence-electron chi connectivity index (χ3n) is 0.792. The van der Waals surface area contributed by atoms with Gasteiger partial charge in [-0.3, -0.25) is 4.79 Å². The number of hydrogen-bond acceptors (Lipinski definition) is 5. The number of esters is 1. The molecule has 8 nitrogen and oxygen atoms in total. The third kappa shape index (κ3) is 87.7. The van der Waals surface area contributed by atoms with Gasteiger partial charge in [0.25, 0.3) is 0 Å². The van der Waals surface area contributed by atoms with E-state index in [0.717, 1.165) is 12.3 Å². The molecule has 9 heteroatoms. The molecular weight excluding hydrogens is 320 g/mol. The van der Waals surface area contributed by atoms with Crippen LogP contribution in [0.25, 0.3) is 0 Å². The van der Waals surface area contributed by atoms with Crippen molar-refractivity contribution in [3.8, 4) is 0 Å². The summed E-state index contributed by atoms with van der Waals surface area (Å²) < 4.78 is 4.17. The average molecular weight is 337 g/mol. The second kappa shape index (κ2) is 23.2. The van der Waals surface area contributed by atoms with E-state index in [0.29, 0.717) is 12.2 Å². The quantitative estimate of drug-likeness (QED) is 0.402. The predicted molar refractivity (Wildman–Crippen MR) is 80.3 cm³/mol. The molecule has 0 aromatic carbocycles. The summed E-state index contributed by atoms with van der Waals surface area (Å²) in [6.07, 6.45) is 3.05. The van der Waals surface area contributed by atoms with Crippen molar-refractivity contribution in [1.29, 1.82) is 0 Å². The number of carbonyl (C=O) groups is 4. The predicted octanol–water partition coefficient (Wildman–Crippen LogP) is 2.03. The van der Waals surface area contributed by atoms with Gasteiger partial charge < -0.3 is 20.1 Å². The number of halogens is 1. The van der Waals surface area contributed by atoms with Gasteiger partial charge in [-0.2, -0.15) is 0 Å². The minimum atomic E-state index is -1.26. The van der Waals surface area contributed by atoms with E-state index in [4.69, 9.17) is 26.9 Å². The summed E-state index contributed by atoms with van der Waals surface area (Å²) in [7, 11) is 0. The Kier molecular flexibility index (Phi) is 29.0. The van der Waals surface area contributed by atoms with E-state index in [2.05, 4.69) is 24.5 Å². The highest BCUT2D eigenvalue weighted by Crippen LogP contribution is 1.71. The molecule has 124 valence electrons. The summed E-state index contributed by atoms with van der Waals surface area (Å²) in [6.45, 7) is 10.6. The van der Waals surface area contributed by atoms with E-state index in [9.17, 15) is 19.2 Å². The van der Waals surface area contributed by atoms with Crippen LogP contribution in [0.2, 0.25) is 0 Å². The lowest BCUT2D eigenvalue weighted by atomic mass is 10.5. The molecule has 0 rings (SSSR count). The van der Waals surface area contributed by atoms with E-state index in [1.807, 2.05) is 0 Å². The van der Waals surface area contributed by atoms with Gasteiger partial charge >= 0.3 is 23.9 Å². The molecule has 0 aliphatic heterocycles. The highest BCUT2D eigenvalue weighted by Gasteiger charge is 1.88. The number of aliphatic carboxylic acids is 3. The van der Waals surface area contributed by atoms with Gasteiger partial charge in [-0.25, -0.2) is 14.4 Å². The molecular formula is C13H17ClO8. The molecule has 0 spiro atoms. The van der Waals surface area contributed by atoms with E-state index in [1.165, 1.54) is 12.5 Å². The van der Waals surface area contributed by atoms with Crippen LogP contribution in [0.3, 0.4) is 0 Å². The average Bonchev–Trinajstić information content (AvgIpc) is 2.38.